The van der Waals surface area contributed by atoms with Crippen molar-refractivity contribution >= 4 is 39.5 Å². The van der Waals surface area contributed by atoms with E-state index in [0.29, 0.717) is 16.5 Å². The Morgan fingerprint density at radius 1 is 1.45 bits per heavy atom. The van der Waals surface area contributed by atoms with Crippen LogP contribution in [0, 0.1) is 0 Å². The van der Waals surface area contributed by atoms with Gasteiger partial charge in [0, 0.05) is 28.6 Å². The van der Waals surface area contributed by atoms with Crippen LogP contribution in [-0.4, -0.2) is 43.0 Å². The second kappa shape index (κ2) is 7.51. The van der Waals surface area contributed by atoms with Gasteiger partial charge in [0.2, 0.25) is 0 Å². The van der Waals surface area contributed by atoms with E-state index in [0.717, 1.165) is 22.8 Å². The van der Waals surface area contributed by atoms with E-state index in [1.165, 1.54) is 11.4 Å². The number of thioether (sulfide) groups is 2. The van der Waals surface area contributed by atoms with Gasteiger partial charge in [0.1, 0.15) is 0 Å². The third kappa shape index (κ3) is 3.72. The van der Waals surface area contributed by atoms with Crippen LogP contribution in [0.3, 0.4) is 0 Å². The number of nitrogens with zero attached hydrogens (tertiary/aromatic N) is 3. The molecule has 20 heavy (non-hydrogen) atoms. The summed E-state index contributed by atoms with van der Waals surface area (Å²) in [6, 6.07) is 0.303. The first-order valence-corrected chi connectivity index (χ1v) is 9.88. The van der Waals surface area contributed by atoms with E-state index in [1.807, 2.05) is 11.7 Å². The Kier molecular flexibility index (Phi) is 6.25. The summed E-state index contributed by atoms with van der Waals surface area (Å²) >= 11 is 7.73. The average molecular weight is 379 g/mol. The zero-order chi connectivity index (χ0) is 14.7. The SMILES string of the molecule is CCCNC(c1c(Br)nnn1C)C1CSC(C)C(C)S1. The minimum absolute atomic E-state index is 0.303. The first-order valence-electron chi connectivity index (χ1n) is 7.10. The van der Waals surface area contributed by atoms with Crippen LogP contribution in [0.25, 0.3) is 0 Å². The summed E-state index contributed by atoms with van der Waals surface area (Å²) in [5.74, 6) is 1.18. The Hall–Kier alpha value is 0.280. The normalized spacial score (nSPS) is 28.6. The van der Waals surface area contributed by atoms with Crippen molar-refractivity contribution in [3.05, 3.63) is 10.3 Å². The van der Waals surface area contributed by atoms with Gasteiger partial charge >= 0.3 is 0 Å². The fraction of sp³-hybridized carbons (Fsp3) is 0.846. The molecule has 0 radical (unpaired) electrons. The van der Waals surface area contributed by atoms with Crippen LogP contribution < -0.4 is 5.32 Å². The van der Waals surface area contributed by atoms with Crippen molar-refractivity contribution in [1.82, 2.24) is 20.3 Å². The highest BCUT2D eigenvalue weighted by molar-refractivity contribution is 9.10. The van der Waals surface area contributed by atoms with Crippen LogP contribution in [0.4, 0.5) is 0 Å². The zero-order valence-corrected chi connectivity index (χ0v) is 15.7. The van der Waals surface area contributed by atoms with Crippen molar-refractivity contribution in [3.63, 3.8) is 0 Å². The second-order valence-electron chi connectivity index (χ2n) is 5.24. The molecule has 0 aliphatic carbocycles. The molecule has 0 amide bonds. The Bertz CT molecular complexity index is 421. The van der Waals surface area contributed by atoms with Crippen molar-refractivity contribution in [2.24, 2.45) is 7.05 Å². The molecular formula is C13H23BrN4S2. The first-order chi connectivity index (χ1) is 9.54. The standard InChI is InChI=1S/C13H23BrN4S2/c1-5-6-15-11(12-13(14)16-17-18(12)4)10-7-19-8(2)9(3)20-10/h8-11,15H,5-7H2,1-4H3. The van der Waals surface area contributed by atoms with Crippen LogP contribution in [0.2, 0.25) is 0 Å². The van der Waals surface area contributed by atoms with Crippen molar-refractivity contribution in [2.75, 3.05) is 12.3 Å². The van der Waals surface area contributed by atoms with Gasteiger partial charge in [-0.2, -0.15) is 23.5 Å². The summed E-state index contributed by atoms with van der Waals surface area (Å²) in [6.45, 7) is 7.89. The molecule has 114 valence electrons. The fourth-order valence-corrected chi connectivity index (χ4v) is 6.02. The molecule has 1 aliphatic rings. The molecule has 4 unspecified atom stereocenters. The second-order valence-corrected chi connectivity index (χ2v) is 9.02. The highest BCUT2D eigenvalue weighted by Gasteiger charge is 2.34. The Morgan fingerprint density at radius 2 is 2.20 bits per heavy atom. The van der Waals surface area contributed by atoms with Gasteiger partial charge in [-0.25, -0.2) is 4.68 Å². The van der Waals surface area contributed by atoms with Gasteiger partial charge < -0.3 is 5.32 Å². The minimum Gasteiger partial charge on any atom is -0.308 e. The van der Waals surface area contributed by atoms with E-state index < -0.39 is 0 Å². The molecule has 1 aromatic rings. The van der Waals surface area contributed by atoms with Crippen molar-refractivity contribution in [3.8, 4) is 0 Å². The monoisotopic (exact) mass is 378 g/mol. The number of halogens is 1. The van der Waals surface area contributed by atoms with E-state index in [-0.39, 0.29) is 0 Å². The summed E-state index contributed by atoms with van der Waals surface area (Å²) in [7, 11) is 1.97. The Labute approximate surface area is 138 Å². The van der Waals surface area contributed by atoms with E-state index in [9.17, 15) is 0 Å². The number of nitrogens with one attached hydrogen (secondary N) is 1. The zero-order valence-electron chi connectivity index (χ0n) is 12.5. The third-order valence-electron chi connectivity index (χ3n) is 3.68. The summed E-state index contributed by atoms with van der Waals surface area (Å²) < 4.78 is 2.76. The van der Waals surface area contributed by atoms with Gasteiger partial charge in [0.15, 0.2) is 4.60 Å². The molecule has 1 saturated heterocycles. The van der Waals surface area contributed by atoms with Gasteiger partial charge in [-0.15, -0.1) is 5.10 Å². The summed E-state index contributed by atoms with van der Waals surface area (Å²) in [4.78, 5) is 0. The molecule has 2 rings (SSSR count). The van der Waals surface area contributed by atoms with E-state index in [4.69, 9.17) is 0 Å². The maximum Gasteiger partial charge on any atom is 0.153 e. The fourth-order valence-electron chi connectivity index (χ4n) is 2.36. The van der Waals surface area contributed by atoms with Crippen LogP contribution in [0.1, 0.15) is 38.9 Å². The maximum atomic E-state index is 4.15. The van der Waals surface area contributed by atoms with Crippen molar-refractivity contribution in [1.29, 1.82) is 0 Å². The van der Waals surface area contributed by atoms with Crippen LogP contribution in [-0.2, 0) is 7.05 Å². The van der Waals surface area contributed by atoms with Gasteiger partial charge in [-0.05, 0) is 28.9 Å². The molecule has 0 spiro atoms. The number of hydrogen-bond acceptors (Lipinski definition) is 5. The van der Waals surface area contributed by atoms with Crippen LogP contribution in [0.15, 0.2) is 4.60 Å². The molecule has 0 bridgehead atoms. The number of rotatable bonds is 5. The highest BCUT2D eigenvalue weighted by atomic mass is 79.9. The summed E-state index contributed by atoms with van der Waals surface area (Å²) in [5, 5.41) is 14.0. The maximum absolute atomic E-state index is 4.15. The summed E-state index contributed by atoms with van der Waals surface area (Å²) in [5.41, 5.74) is 1.17. The molecule has 1 N–H and O–H groups in total. The molecule has 2 heterocycles. The predicted octanol–water partition coefficient (Wildman–Crippen LogP) is 3.24. The molecule has 0 saturated carbocycles. The lowest BCUT2D eigenvalue weighted by atomic mass is 10.1. The molecule has 1 aliphatic heterocycles. The van der Waals surface area contributed by atoms with Gasteiger partial charge in [-0.3, -0.25) is 0 Å². The largest absolute Gasteiger partial charge is 0.308 e. The molecule has 4 nitrogen and oxygen atoms in total. The molecule has 0 aromatic carbocycles. The molecule has 4 atom stereocenters. The van der Waals surface area contributed by atoms with Gasteiger partial charge in [0.25, 0.3) is 0 Å². The molecule has 1 aromatic heterocycles. The average Bonchev–Trinajstić information content (AvgIpc) is 2.75. The Morgan fingerprint density at radius 3 is 2.75 bits per heavy atom. The van der Waals surface area contributed by atoms with Gasteiger partial charge in [-0.1, -0.05) is 26.0 Å². The lowest BCUT2D eigenvalue weighted by molar-refractivity contribution is 0.490. The van der Waals surface area contributed by atoms with Crippen LogP contribution >= 0.6 is 39.5 Å². The Balaban J connectivity index is 2.19. The van der Waals surface area contributed by atoms with Crippen molar-refractivity contribution in [2.45, 2.75) is 49.0 Å². The first kappa shape index (κ1) is 16.6. The number of hydrogen-bond donors (Lipinski definition) is 1. The summed E-state index contributed by atoms with van der Waals surface area (Å²) in [6.07, 6.45) is 1.13. The number of aryl methyl sites for hydroxylation is 1. The lowest BCUT2D eigenvalue weighted by Crippen LogP contribution is -2.38. The van der Waals surface area contributed by atoms with Gasteiger partial charge in [0.05, 0.1) is 11.7 Å². The van der Waals surface area contributed by atoms with Crippen LogP contribution in [0.5, 0.6) is 0 Å². The molecule has 1 fully saturated rings. The van der Waals surface area contributed by atoms with E-state index >= 15 is 0 Å². The minimum atomic E-state index is 0.303. The molecular weight excluding hydrogens is 356 g/mol. The quantitative estimate of drug-likeness (QED) is 0.851. The smallest absolute Gasteiger partial charge is 0.153 e. The van der Waals surface area contributed by atoms with E-state index in [2.05, 4.69) is 75.9 Å². The topological polar surface area (TPSA) is 42.7 Å². The lowest BCUT2D eigenvalue weighted by Gasteiger charge is -2.36. The van der Waals surface area contributed by atoms with Crippen molar-refractivity contribution < 1.29 is 0 Å². The third-order valence-corrected chi connectivity index (χ3v) is 7.74. The predicted molar refractivity (Wildman–Crippen MR) is 92.5 cm³/mol. The van der Waals surface area contributed by atoms with E-state index in [1.54, 1.807) is 0 Å². The number of aromatic nitrogens is 3. The highest BCUT2D eigenvalue weighted by Crippen LogP contribution is 2.41. The molecule has 7 heteroatoms.